The van der Waals surface area contributed by atoms with E-state index in [0.29, 0.717) is 11.1 Å². The molecule has 0 amide bonds. The van der Waals surface area contributed by atoms with Gasteiger partial charge in [0, 0.05) is 0 Å². The van der Waals surface area contributed by atoms with Crippen LogP contribution in [0, 0.1) is 0 Å². The van der Waals surface area contributed by atoms with Crippen LogP contribution in [0.15, 0.2) is 48.6 Å². The molecule has 1 fully saturated rings. The molecule has 0 saturated carbocycles. The number of hydrogen-bond acceptors (Lipinski definition) is 11. The highest BCUT2D eigenvalue weighted by Crippen LogP contribution is 2.32. The zero-order chi connectivity index (χ0) is 28.7. The average Bonchev–Trinajstić information content (AvgIpc) is 2.91. The third-order valence-corrected chi connectivity index (χ3v) is 5.72. The quantitative estimate of drug-likeness (QED) is 0.199. The minimum atomic E-state index is -1.86. The highest BCUT2D eigenvalue weighted by atomic mass is 16.7. The number of carbonyl (C=O) groups excluding carboxylic acids is 2. The SMILES string of the molecule is COc1cc(/C=C/C(=O)CC(=O)/C=C/c2ccc(O[C@@H]3OC(C(=O)O)[C@@H](O)C(O)C3O)c(OC)c2)ccc1O. The fourth-order valence-corrected chi connectivity index (χ4v) is 3.63. The monoisotopic (exact) mass is 544 g/mol. The number of aromatic hydroxyl groups is 1. The van der Waals surface area contributed by atoms with Gasteiger partial charge in [-0.3, -0.25) is 9.59 Å². The summed E-state index contributed by atoms with van der Waals surface area (Å²) in [7, 11) is 2.73. The van der Waals surface area contributed by atoms with Crippen LogP contribution < -0.4 is 14.2 Å². The molecule has 0 aromatic heterocycles. The van der Waals surface area contributed by atoms with E-state index >= 15 is 0 Å². The zero-order valence-corrected chi connectivity index (χ0v) is 21.0. The number of rotatable bonds is 11. The van der Waals surface area contributed by atoms with E-state index in [1.165, 1.54) is 62.8 Å². The fraction of sp³-hybridized carbons (Fsp3) is 0.296. The lowest BCUT2D eigenvalue weighted by Gasteiger charge is -2.38. The summed E-state index contributed by atoms with van der Waals surface area (Å²) in [6.07, 6.45) is -3.85. The van der Waals surface area contributed by atoms with Gasteiger partial charge in [0.25, 0.3) is 0 Å². The van der Waals surface area contributed by atoms with E-state index in [-0.39, 0.29) is 29.4 Å². The van der Waals surface area contributed by atoms with E-state index in [1.54, 1.807) is 12.1 Å². The average molecular weight is 545 g/mol. The van der Waals surface area contributed by atoms with E-state index in [4.69, 9.17) is 18.9 Å². The van der Waals surface area contributed by atoms with Gasteiger partial charge in [-0.15, -0.1) is 0 Å². The third-order valence-electron chi connectivity index (χ3n) is 5.72. The summed E-state index contributed by atoms with van der Waals surface area (Å²) in [5.41, 5.74) is 1.10. The molecule has 0 bridgehead atoms. The Labute approximate surface area is 222 Å². The second-order valence-corrected chi connectivity index (χ2v) is 8.47. The van der Waals surface area contributed by atoms with Gasteiger partial charge in [0.1, 0.15) is 18.3 Å². The van der Waals surface area contributed by atoms with Crippen molar-refractivity contribution in [3.8, 4) is 23.0 Å². The molecule has 1 heterocycles. The summed E-state index contributed by atoms with van der Waals surface area (Å²) in [5.74, 6) is -2.07. The first-order chi connectivity index (χ1) is 18.5. The molecule has 208 valence electrons. The van der Waals surface area contributed by atoms with Gasteiger partial charge in [-0.05, 0) is 47.5 Å². The number of carbonyl (C=O) groups is 3. The molecule has 3 rings (SSSR count). The first-order valence-electron chi connectivity index (χ1n) is 11.6. The number of aliphatic hydroxyl groups excluding tert-OH is 3. The Hall–Kier alpha value is -4.23. The summed E-state index contributed by atoms with van der Waals surface area (Å²) < 4.78 is 20.9. The van der Waals surface area contributed by atoms with Crippen LogP contribution in [0.25, 0.3) is 12.2 Å². The number of allylic oxidation sites excluding steroid dienone is 2. The molecule has 0 aliphatic carbocycles. The van der Waals surface area contributed by atoms with Crippen LogP contribution in [-0.2, 0) is 19.1 Å². The molecule has 5 atom stereocenters. The standard InChI is InChI=1S/C27H28O12/c1-36-20-11-14(5-9-18(20)30)3-7-16(28)13-17(29)8-4-15-6-10-19(21(12-15)37-2)38-27-24(33)22(31)23(32)25(39-27)26(34)35/h3-12,22-25,27,30-33H,13H2,1-2H3,(H,34,35)/b7-3+,8-4+/t22?,23-,24?,25?,27+/m0/s1. The van der Waals surface area contributed by atoms with Gasteiger partial charge in [-0.2, -0.15) is 0 Å². The Morgan fingerprint density at radius 1 is 0.821 bits per heavy atom. The van der Waals surface area contributed by atoms with E-state index in [9.17, 15) is 39.9 Å². The second kappa shape index (κ2) is 13.0. The predicted molar refractivity (Wildman–Crippen MR) is 135 cm³/mol. The van der Waals surface area contributed by atoms with Gasteiger partial charge in [-0.25, -0.2) is 4.79 Å². The maximum atomic E-state index is 12.3. The van der Waals surface area contributed by atoms with Crippen molar-refractivity contribution in [2.24, 2.45) is 0 Å². The zero-order valence-electron chi connectivity index (χ0n) is 21.0. The summed E-state index contributed by atoms with van der Waals surface area (Å²) in [5, 5.41) is 48.7. The number of methoxy groups -OCH3 is 2. The molecule has 12 nitrogen and oxygen atoms in total. The molecule has 2 aromatic rings. The van der Waals surface area contributed by atoms with Crippen LogP contribution in [0.2, 0.25) is 0 Å². The largest absolute Gasteiger partial charge is 0.504 e. The van der Waals surface area contributed by atoms with Crippen molar-refractivity contribution in [3.63, 3.8) is 0 Å². The highest BCUT2D eigenvalue weighted by molar-refractivity contribution is 6.10. The third kappa shape index (κ3) is 7.42. The molecule has 39 heavy (non-hydrogen) atoms. The Bertz CT molecular complexity index is 1270. The topological polar surface area (TPSA) is 189 Å². The number of ether oxygens (including phenoxy) is 4. The molecule has 1 saturated heterocycles. The molecular formula is C27H28O12. The molecule has 3 unspecified atom stereocenters. The van der Waals surface area contributed by atoms with Crippen molar-refractivity contribution in [2.45, 2.75) is 37.1 Å². The lowest BCUT2D eigenvalue weighted by molar-refractivity contribution is -0.271. The first kappa shape index (κ1) is 29.3. The van der Waals surface area contributed by atoms with E-state index < -0.39 is 48.2 Å². The molecule has 0 radical (unpaired) electrons. The minimum Gasteiger partial charge on any atom is -0.504 e. The van der Waals surface area contributed by atoms with Crippen molar-refractivity contribution >= 4 is 29.7 Å². The number of phenols is 1. The molecule has 1 aliphatic rings. The predicted octanol–water partition coefficient (Wildman–Crippen LogP) is 0.935. The molecule has 5 N–H and O–H groups in total. The number of aliphatic carboxylic acids is 1. The maximum absolute atomic E-state index is 12.3. The number of aliphatic hydroxyl groups is 3. The van der Waals surface area contributed by atoms with Crippen molar-refractivity contribution in [1.82, 2.24) is 0 Å². The van der Waals surface area contributed by atoms with Crippen LogP contribution in [0.5, 0.6) is 23.0 Å². The van der Waals surface area contributed by atoms with E-state index in [2.05, 4.69) is 0 Å². The molecular weight excluding hydrogens is 516 g/mol. The number of carboxylic acids is 1. The highest BCUT2D eigenvalue weighted by Gasteiger charge is 2.48. The Morgan fingerprint density at radius 2 is 1.38 bits per heavy atom. The summed E-state index contributed by atoms with van der Waals surface area (Å²) in [4.78, 5) is 35.7. The van der Waals surface area contributed by atoms with Gasteiger partial charge in [0.15, 0.2) is 40.7 Å². The lowest BCUT2D eigenvalue weighted by atomic mass is 9.99. The van der Waals surface area contributed by atoms with Crippen molar-refractivity contribution in [1.29, 1.82) is 0 Å². The van der Waals surface area contributed by atoms with Crippen LogP contribution in [0.3, 0.4) is 0 Å². The van der Waals surface area contributed by atoms with Crippen molar-refractivity contribution < 1.29 is 58.9 Å². The normalized spacial score (nSPS) is 23.1. The number of ketones is 2. The lowest BCUT2D eigenvalue weighted by Crippen LogP contribution is -2.61. The maximum Gasteiger partial charge on any atom is 0.335 e. The van der Waals surface area contributed by atoms with Gasteiger partial charge < -0.3 is 44.5 Å². The summed E-state index contributed by atoms with van der Waals surface area (Å²) >= 11 is 0. The van der Waals surface area contributed by atoms with Crippen LogP contribution >= 0.6 is 0 Å². The number of phenolic OH excluding ortho intramolecular Hbond substituents is 1. The van der Waals surface area contributed by atoms with Gasteiger partial charge in [-0.1, -0.05) is 24.3 Å². The number of hydrogen-bond donors (Lipinski definition) is 5. The molecule has 0 spiro atoms. The van der Waals surface area contributed by atoms with E-state index in [0.717, 1.165) is 0 Å². The molecule has 12 heteroatoms. The van der Waals surface area contributed by atoms with Crippen molar-refractivity contribution in [3.05, 3.63) is 59.7 Å². The molecule has 1 aliphatic heterocycles. The van der Waals surface area contributed by atoms with Gasteiger partial charge in [0.2, 0.25) is 6.29 Å². The first-order valence-corrected chi connectivity index (χ1v) is 11.6. The minimum absolute atomic E-state index is 0.0314. The van der Waals surface area contributed by atoms with E-state index in [1.807, 2.05) is 0 Å². The Kier molecular flexibility index (Phi) is 9.79. The summed E-state index contributed by atoms with van der Waals surface area (Å²) in [6.45, 7) is 0. The number of carboxylic acid groups (broad SMARTS) is 1. The second-order valence-electron chi connectivity index (χ2n) is 8.47. The Balaban J connectivity index is 1.63. The molecule has 2 aromatic carbocycles. The van der Waals surface area contributed by atoms with Gasteiger partial charge in [0.05, 0.1) is 20.6 Å². The van der Waals surface area contributed by atoms with Crippen LogP contribution in [0.4, 0.5) is 0 Å². The Morgan fingerprint density at radius 3 is 1.95 bits per heavy atom. The van der Waals surface area contributed by atoms with Gasteiger partial charge >= 0.3 is 5.97 Å². The fourth-order valence-electron chi connectivity index (χ4n) is 3.63. The smallest absolute Gasteiger partial charge is 0.335 e. The van der Waals surface area contributed by atoms with Crippen LogP contribution in [-0.4, -0.2) is 88.0 Å². The number of benzene rings is 2. The van der Waals surface area contributed by atoms with Crippen molar-refractivity contribution in [2.75, 3.05) is 14.2 Å². The summed E-state index contributed by atoms with van der Waals surface area (Å²) in [6, 6.07) is 8.96. The van der Waals surface area contributed by atoms with Crippen LogP contribution in [0.1, 0.15) is 17.5 Å².